The Labute approximate surface area is 103 Å². The minimum Gasteiger partial charge on any atom is -0.481 e. The van der Waals surface area contributed by atoms with Gasteiger partial charge < -0.3 is 10.0 Å². The SMILES string of the molecule is O=C(O)CC1CN(C(=O)C(C(F)(F)F)C(F)(F)F)C1. The molecule has 1 rings (SSSR count). The van der Waals surface area contributed by atoms with Gasteiger partial charge >= 0.3 is 18.3 Å². The van der Waals surface area contributed by atoms with Gasteiger partial charge in [0.05, 0.1) is 6.42 Å². The lowest BCUT2D eigenvalue weighted by atomic mass is 9.94. The third kappa shape index (κ3) is 3.74. The number of likely N-dealkylation sites (tertiary alicyclic amines) is 1. The molecule has 1 aliphatic rings. The molecule has 19 heavy (non-hydrogen) atoms. The molecule has 0 unspecified atom stereocenters. The second-order valence-corrected chi connectivity index (χ2v) is 4.22. The van der Waals surface area contributed by atoms with E-state index in [9.17, 15) is 35.9 Å². The van der Waals surface area contributed by atoms with E-state index in [2.05, 4.69) is 0 Å². The summed E-state index contributed by atoms with van der Waals surface area (Å²) in [6.45, 7) is -0.818. The first-order valence-electron chi connectivity index (χ1n) is 5.07. The molecule has 0 radical (unpaired) electrons. The van der Waals surface area contributed by atoms with Crippen molar-refractivity contribution >= 4 is 11.9 Å². The summed E-state index contributed by atoms with van der Waals surface area (Å²) in [6, 6.07) is 0. The van der Waals surface area contributed by atoms with Crippen LogP contribution in [0.25, 0.3) is 0 Å². The molecule has 1 N–H and O–H groups in total. The molecule has 1 aliphatic heterocycles. The van der Waals surface area contributed by atoms with Crippen LogP contribution in [0.2, 0.25) is 0 Å². The molecule has 0 aromatic heterocycles. The lowest BCUT2D eigenvalue weighted by molar-refractivity contribution is -0.279. The maximum atomic E-state index is 12.2. The number of halogens is 6. The van der Waals surface area contributed by atoms with E-state index in [1.807, 2.05) is 0 Å². The van der Waals surface area contributed by atoms with E-state index >= 15 is 0 Å². The molecule has 1 saturated heterocycles. The number of rotatable bonds is 3. The van der Waals surface area contributed by atoms with Crippen LogP contribution in [0.5, 0.6) is 0 Å². The van der Waals surface area contributed by atoms with E-state index in [4.69, 9.17) is 5.11 Å². The number of nitrogens with zero attached hydrogens (tertiary/aromatic N) is 1. The smallest absolute Gasteiger partial charge is 0.409 e. The van der Waals surface area contributed by atoms with Crippen LogP contribution in [0.4, 0.5) is 26.3 Å². The monoisotopic (exact) mass is 293 g/mol. The molecule has 0 atom stereocenters. The summed E-state index contributed by atoms with van der Waals surface area (Å²) in [6.07, 6.45) is -11.8. The second kappa shape index (κ2) is 4.89. The standard InChI is InChI=1S/C9H9F6NO3/c10-8(11,12)6(9(13,14)15)7(19)16-2-4(3-16)1-5(17)18/h4,6H,1-3H2,(H,17,18). The molecule has 0 bridgehead atoms. The maximum Gasteiger partial charge on any atom is 0.409 e. The lowest BCUT2D eigenvalue weighted by Gasteiger charge is -2.40. The maximum absolute atomic E-state index is 12.2. The van der Waals surface area contributed by atoms with Gasteiger partial charge in [0.15, 0.2) is 0 Å². The summed E-state index contributed by atoms with van der Waals surface area (Å²) >= 11 is 0. The zero-order valence-corrected chi connectivity index (χ0v) is 9.25. The van der Waals surface area contributed by atoms with Crippen molar-refractivity contribution in [2.24, 2.45) is 11.8 Å². The number of carboxylic acids is 1. The summed E-state index contributed by atoms with van der Waals surface area (Å²) < 4.78 is 73.4. The number of carbonyl (C=O) groups excluding carboxylic acids is 1. The molecule has 4 nitrogen and oxygen atoms in total. The molecular weight excluding hydrogens is 284 g/mol. The van der Waals surface area contributed by atoms with Crippen molar-refractivity contribution in [3.05, 3.63) is 0 Å². The van der Waals surface area contributed by atoms with Gasteiger partial charge in [0.2, 0.25) is 11.8 Å². The van der Waals surface area contributed by atoms with Gasteiger partial charge in [0.1, 0.15) is 0 Å². The van der Waals surface area contributed by atoms with Gasteiger partial charge in [-0.15, -0.1) is 0 Å². The number of alkyl halides is 6. The number of aliphatic carboxylic acids is 1. The Balaban J connectivity index is 2.69. The van der Waals surface area contributed by atoms with Crippen molar-refractivity contribution < 1.29 is 41.0 Å². The van der Waals surface area contributed by atoms with Crippen LogP contribution in [-0.4, -0.2) is 47.3 Å². The van der Waals surface area contributed by atoms with Gasteiger partial charge in [-0.05, 0) is 0 Å². The Kier molecular flexibility index (Phi) is 4.01. The van der Waals surface area contributed by atoms with Gasteiger partial charge in [-0.1, -0.05) is 0 Å². The highest BCUT2D eigenvalue weighted by Crippen LogP contribution is 2.41. The minimum atomic E-state index is -5.72. The summed E-state index contributed by atoms with van der Waals surface area (Å²) in [5, 5.41) is 8.38. The average molecular weight is 293 g/mol. The first kappa shape index (κ1) is 15.6. The van der Waals surface area contributed by atoms with E-state index < -0.39 is 55.6 Å². The van der Waals surface area contributed by atoms with Crippen molar-refractivity contribution in [1.29, 1.82) is 0 Å². The predicted octanol–water partition coefficient (Wildman–Crippen LogP) is 1.66. The van der Waals surface area contributed by atoms with Crippen LogP contribution in [0.1, 0.15) is 6.42 Å². The first-order valence-corrected chi connectivity index (χ1v) is 5.07. The third-order valence-electron chi connectivity index (χ3n) is 2.63. The molecule has 1 amide bonds. The summed E-state index contributed by atoms with van der Waals surface area (Å²) in [5.41, 5.74) is 0. The largest absolute Gasteiger partial charge is 0.481 e. The topological polar surface area (TPSA) is 57.6 Å². The van der Waals surface area contributed by atoms with Gasteiger partial charge in [-0.2, -0.15) is 26.3 Å². The highest BCUT2D eigenvalue weighted by atomic mass is 19.4. The normalized spacial score (nSPS) is 17.5. The molecule has 1 fully saturated rings. The van der Waals surface area contributed by atoms with Gasteiger partial charge in [-0.25, -0.2) is 0 Å². The fourth-order valence-electron chi connectivity index (χ4n) is 1.77. The van der Waals surface area contributed by atoms with Crippen molar-refractivity contribution in [2.45, 2.75) is 18.8 Å². The Morgan fingerprint density at radius 3 is 1.84 bits per heavy atom. The van der Waals surface area contributed by atoms with Crippen LogP contribution < -0.4 is 0 Å². The number of amides is 1. The minimum absolute atomic E-state index is 0.374. The molecular formula is C9H9F6NO3. The number of hydrogen-bond donors (Lipinski definition) is 1. The lowest BCUT2D eigenvalue weighted by Crippen LogP contribution is -2.57. The van der Waals surface area contributed by atoms with Crippen molar-refractivity contribution in [1.82, 2.24) is 4.90 Å². The summed E-state index contributed by atoms with van der Waals surface area (Å²) in [5.74, 6) is -7.96. The van der Waals surface area contributed by atoms with E-state index in [1.165, 1.54) is 0 Å². The van der Waals surface area contributed by atoms with Crippen molar-refractivity contribution in [2.75, 3.05) is 13.1 Å². The van der Waals surface area contributed by atoms with Crippen molar-refractivity contribution in [3.8, 4) is 0 Å². The molecule has 110 valence electrons. The molecule has 0 aliphatic carbocycles. The number of carbonyl (C=O) groups is 2. The summed E-state index contributed by atoms with van der Waals surface area (Å²) in [7, 11) is 0. The highest BCUT2D eigenvalue weighted by molar-refractivity contribution is 5.81. The van der Waals surface area contributed by atoms with Gasteiger partial charge in [-0.3, -0.25) is 9.59 Å². The van der Waals surface area contributed by atoms with Crippen LogP contribution >= 0.6 is 0 Å². The zero-order chi connectivity index (χ0) is 15.0. The second-order valence-electron chi connectivity index (χ2n) is 4.22. The summed E-state index contributed by atoms with van der Waals surface area (Å²) in [4.78, 5) is 21.8. The fourth-order valence-corrected chi connectivity index (χ4v) is 1.77. The zero-order valence-electron chi connectivity index (χ0n) is 9.25. The first-order chi connectivity index (χ1) is 8.43. The van der Waals surface area contributed by atoms with Gasteiger partial charge in [0.25, 0.3) is 0 Å². The van der Waals surface area contributed by atoms with E-state index in [0.717, 1.165) is 0 Å². The van der Waals surface area contributed by atoms with Crippen LogP contribution in [0.15, 0.2) is 0 Å². The van der Waals surface area contributed by atoms with Crippen LogP contribution in [-0.2, 0) is 9.59 Å². The molecule has 1 heterocycles. The Bertz CT molecular complexity index is 357. The molecule has 10 heteroatoms. The Morgan fingerprint density at radius 2 is 1.53 bits per heavy atom. The third-order valence-corrected chi connectivity index (χ3v) is 2.63. The Hall–Kier alpha value is -1.48. The average Bonchev–Trinajstić information content (AvgIpc) is 2.04. The fraction of sp³-hybridized carbons (Fsp3) is 0.778. The van der Waals surface area contributed by atoms with Crippen molar-refractivity contribution in [3.63, 3.8) is 0 Å². The predicted molar refractivity (Wildman–Crippen MR) is 47.9 cm³/mol. The van der Waals surface area contributed by atoms with Crippen LogP contribution in [0.3, 0.4) is 0 Å². The number of hydrogen-bond acceptors (Lipinski definition) is 2. The van der Waals surface area contributed by atoms with E-state index in [0.29, 0.717) is 4.90 Å². The quantitative estimate of drug-likeness (QED) is 0.805. The van der Waals surface area contributed by atoms with E-state index in [1.54, 1.807) is 0 Å². The Morgan fingerprint density at radius 1 is 1.11 bits per heavy atom. The highest BCUT2D eigenvalue weighted by Gasteiger charge is 2.62. The van der Waals surface area contributed by atoms with Gasteiger partial charge in [0, 0.05) is 19.0 Å². The number of carboxylic acid groups (broad SMARTS) is 1. The molecule has 0 aromatic carbocycles. The van der Waals surface area contributed by atoms with E-state index in [-0.39, 0.29) is 0 Å². The molecule has 0 spiro atoms. The molecule has 0 saturated carbocycles. The van der Waals surface area contributed by atoms with Crippen LogP contribution in [0, 0.1) is 11.8 Å². The molecule has 0 aromatic rings.